The highest BCUT2D eigenvalue weighted by Gasteiger charge is 2.18. The second-order valence-corrected chi connectivity index (χ2v) is 3.97. The van der Waals surface area contributed by atoms with Gasteiger partial charge in [0.15, 0.2) is 0 Å². The monoisotopic (exact) mass is 214 g/mol. The van der Waals surface area contributed by atoms with Crippen LogP contribution in [-0.2, 0) is 11.3 Å². The lowest BCUT2D eigenvalue weighted by Gasteiger charge is -2.25. The van der Waals surface area contributed by atoms with E-state index in [-0.39, 0.29) is 12.4 Å². The number of halogens is 2. The van der Waals surface area contributed by atoms with Crippen molar-refractivity contribution in [1.82, 2.24) is 0 Å². The fourth-order valence-corrected chi connectivity index (χ4v) is 1.63. The summed E-state index contributed by atoms with van der Waals surface area (Å²) >= 11 is 5.85. The quantitative estimate of drug-likeness (QED) is 0.748. The standard InChI is InChI=1S/C11H12ClFO/c12-10-5-2-6-11(13)9(10)7-14-8-3-1-4-8/h2,5-6,8H,1,3-4,7H2. The van der Waals surface area contributed by atoms with Gasteiger partial charge in [0, 0.05) is 10.6 Å². The van der Waals surface area contributed by atoms with Crippen LogP contribution in [0.15, 0.2) is 18.2 Å². The molecule has 1 aromatic carbocycles. The first-order chi connectivity index (χ1) is 6.77. The summed E-state index contributed by atoms with van der Waals surface area (Å²) in [4.78, 5) is 0. The molecule has 3 heteroatoms. The van der Waals surface area contributed by atoms with Crippen LogP contribution >= 0.6 is 11.6 Å². The summed E-state index contributed by atoms with van der Waals surface area (Å²) in [6, 6.07) is 4.69. The van der Waals surface area contributed by atoms with Crippen LogP contribution in [0.3, 0.4) is 0 Å². The van der Waals surface area contributed by atoms with Gasteiger partial charge in [0.2, 0.25) is 0 Å². The second-order valence-electron chi connectivity index (χ2n) is 3.56. The number of hydrogen-bond acceptors (Lipinski definition) is 1. The largest absolute Gasteiger partial charge is 0.373 e. The molecule has 14 heavy (non-hydrogen) atoms. The molecule has 0 atom stereocenters. The van der Waals surface area contributed by atoms with Gasteiger partial charge in [0.05, 0.1) is 12.7 Å². The molecule has 1 aliphatic carbocycles. The fourth-order valence-electron chi connectivity index (χ4n) is 1.41. The third-order valence-corrected chi connectivity index (χ3v) is 2.93. The van der Waals surface area contributed by atoms with Crippen LogP contribution < -0.4 is 0 Å². The van der Waals surface area contributed by atoms with Gasteiger partial charge in [-0.05, 0) is 31.4 Å². The third kappa shape index (κ3) is 2.07. The van der Waals surface area contributed by atoms with Gasteiger partial charge in [-0.1, -0.05) is 17.7 Å². The van der Waals surface area contributed by atoms with Crippen molar-refractivity contribution < 1.29 is 9.13 Å². The van der Waals surface area contributed by atoms with Crippen LogP contribution in [0.2, 0.25) is 5.02 Å². The maximum atomic E-state index is 13.3. The van der Waals surface area contributed by atoms with Gasteiger partial charge >= 0.3 is 0 Å². The zero-order valence-corrected chi connectivity index (χ0v) is 8.56. The molecule has 0 bridgehead atoms. The van der Waals surface area contributed by atoms with Crippen molar-refractivity contribution in [1.29, 1.82) is 0 Å². The first kappa shape index (κ1) is 9.94. The van der Waals surface area contributed by atoms with E-state index in [2.05, 4.69) is 0 Å². The molecule has 0 aromatic heterocycles. The van der Waals surface area contributed by atoms with Crippen molar-refractivity contribution in [3.63, 3.8) is 0 Å². The lowest BCUT2D eigenvalue weighted by Crippen LogP contribution is -2.21. The summed E-state index contributed by atoms with van der Waals surface area (Å²) in [5, 5.41) is 0.448. The normalized spacial score (nSPS) is 16.7. The Morgan fingerprint density at radius 1 is 1.43 bits per heavy atom. The van der Waals surface area contributed by atoms with E-state index in [4.69, 9.17) is 16.3 Å². The van der Waals surface area contributed by atoms with Gasteiger partial charge in [-0.2, -0.15) is 0 Å². The van der Waals surface area contributed by atoms with E-state index in [0.717, 1.165) is 12.8 Å². The lowest BCUT2D eigenvalue weighted by atomic mass is 9.96. The summed E-state index contributed by atoms with van der Waals surface area (Å²) in [5.74, 6) is -0.281. The first-order valence-corrected chi connectivity index (χ1v) is 5.19. The molecular weight excluding hydrogens is 203 g/mol. The van der Waals surface area contributed by atoms with Crippen LogP contribution in [-0.4, -0.2) is 6.10 Å². The summed E-state index contributed by atoms with van der Waals surface area (Å²) in [7, 11) is 0. The molecule has 0 spiro atoms. The van der Waals surface area contributed by atoms with Gasteiger partial charge < -0.3 is 4.74 Å². The summed E-state index contributed by atoms with van der Waals surface area (Å²) in [5.41, 5.74) is 0.473. The lowest BCUT2D eigenvalue weighted by molar-refractivity contribution is -0.00971. The van der Waals surface area contributed by atoms with Crippen molar-refractivity contribution in [2.24, 2.45) is 0 Å². The molecule has 76 valence electrons. The molecule has 1 fully saturated rings. The Bertz CT molecular complexity index is 303. The van der Waals surface area contributed by atoms with Gasteiger partial charge in [-0.25, -0.2) is 4.39 Å². The van der Waals surface area contributed by atoms with E-state index < -0.39 is 0 Å². The van der Waals surface area contributed by atoms with Crippen LogP contribution in [0.25, 0.3) is 0 Å². The van der Waals surface area contributed by atoms with E-state index >= 15 is 0 Å². The molecule has 1 aliphatic rings. The minimum absolute atomic E-state index is 0.281. The average molecular weight is 215 g/mol. The zero-order valence-electron chi connectivity index (χ0n) is 7.80. The van der Waals surface area contributed by atoms with Crippen molar-refractivity contribution >= 4 is 11.6 Å². The molecule has 0 aliphatic heterocycles. The Morgan fingerprint density at radius 3 is 2.79 bits per heavy atom. The molecule has 0 heterocycles. The number of hydrogen-bond donors (Lipinski definition) is 0. The first-order valence-electron chi connectivity index (χ1n) is 4.82. The molecule has 1 nitrogen and oxygen atoms in total. The molecule has 0 unspecified atom stereocenters. The number of ether oxygens (including phenoxy) is 1. The fraction of sp³-hybridized carbons (Fsp3) is 0.455. The van der Waals surface area contributed by atoms with Gasteiger partial charge in [0.25, 0.3) is 0 Å². The van der Waals surface area contributed by atoms with E-state index in [1.54, 1.807) is 12.1 Å². The highest BCUT2D eigenvalue weighted by molar-refractivity contribution is 6.31. The van der Waals surface area contributed by atoms with Crippen LogP contribution in [0, 0.1) is 5.82 Å². The Hall–Kier alpha value is -0.600. The molecule has 0 saturated heterocycles. The SMILES string of the molecule is Fc1cccc(Cl)c1COC1CCC1. The highest BCUT2D eigenvalue weighted by atomic mass is 35.5. The minimum Gasteiger partial charge on any atom is -0.373 e. The van der Waals surface area contributed by atoms with Crippen LogP contribution in [0.1, 0.15) is 24.8 Å². The number of rotatable bonds is 3. The summed E-state index contributed by atoms with van der Waals surface area (Å²) in [6.07, 6.45) is 3.71. The predicted molar refractivity (Wildman–Crippen MR) is 53.8 cm³/mol. The van der Waals surface area contributed by atoms with Gasteiger partial charge in [0.1, 0.15) is 5.82 Å². The van der Waals surface area contributed by atoms with E-state index in [1.165, 1.54) is 12.5 Å². The van der Waals surface area contributed by atoms with Crippen LogP contribution in [0.4, 0.5) is 4.39 Å². The van der Waals surface area contributed by atoms with E-state index in [1.807, 2.05) is 0 Å². The smallest absolute Gasteiger partial charge is 0.130 e. The molecule has 1 saturated carbocycles. The Kier molecular flexibility index (Phi) is 3.04. The second kappa shape index (κ2) is 4.28. The molecule has 0 N–H and O–H groups in total. The Labute approximate surface area is 87.8 Å². The number of benzene rings is 1. The molecule has 0 amide bonds. The van der Waals surface area contributed by atoms with E-state index in [0.29, 0.717) is 16.7 Å². The maximum Gasteiger partial charge on any atom is 0.130 e. The molecule has 2 rings (SSSR count). The molecule has 1 aromatic rings. The van der Waals surface area contributed by atoms with Crippen LogP contribution in [0.5, 0.6) is 0 Å². The molecular formula is C11H12ClFO. The van der Waals surface area contributed by atoms with Crippen molar-refractivity contribution in [2.45, 2.75) is 32.0 Å². The Balaban J connectivity index is 2.00. The minimum atomic E-state index is -0.281. The summed E-state index contributed by atoms with van der Waals surface area (Å²) < 4.78 is 18.8. The van der Waals surface area contributed by atoms with Crippen molar-refractivity contribution in [3.8, 4) is 0 Å². The zero-order chi connectivity index (χ0) is 9.97. The van der Waals surface area contributed by atoms with Crippen molar-refractivity contribution in [3.05, 3.63) is 34.6 Å². The van der Waals surface area contributed by atoms with Gasteiger partial charge in [-0.3, -0.25) is 0 Å². The molecule has 0 radical (unpaired) electrons. The average Bonchev–Trinajstić information content (AvgIpc) is 2.07. The predicted octanol–water partition coefficient (Wildman–Crippen LogP) is 3.55. The third-order valence-electron chi connectivity index (χ3n) is 2.58. The highest BCUT2D eigenvalue weighted by Crippen LogP contribution is 2.26. The van der Waals surface area contributed by atoms with Gasteiger partial charge in [-0.15, -0.1) is 0 Å². The van der Waals surface area contributed by atoms with E-state index in [9.17, 15) is 4.39 Å². The van der Waals surface area contributed by atoms with Crippen molar-refractivity contribution in [2.75, 3.05) is 0 Å². The topological polar surface area (TPSA) is 9.23 Å². The summed E-state index contributed by atoms with van der Waals surface area (Å²) in [6.45, 7) is 0.288. The Morgan fingerprint density at radius 2 is 2.21 bits per heavy atom. The maximum absolute atomic E-state index is 13.3.